The van der Waals surface area contributed by atoms with Gasteiger partial charge >= 0.3 is 0 Å². The third-order valence-corrected chi connectivity index (χ3v) is 3.64. The van der Waals surface area contributed by atoms with Gasteiger partial charge in [0.1, 0.15) is 0 Å². The monoisotopic (exact) mass is 226 g/mol. The van der Waals surface area contributed by atoms with E-state index in [0.717, 1.165) is 12.1 Å². The molecule has 96 valence electrons. The summed E-state index contributed by atoms with van der Waals surface area (Å²) < 4.78 is 0. The molecular formula is C14H30N2. The van der Waals surface area contributed by atoms with Gasteiger partial charge in [-0.25, -0.2) is 0 Å². The number of rotatable bonds is 8. The molecule has 0 aliphatic heterocycles. The highest BCUT2D eigenvalue weighted by molar-refractivity contribution is 4.86. The molecule has 2 N–H and O–H groups in total. The van der Waals surface area contributed by atoms with E-state index in [0.29, 0.717) is 0 Å². The first-order valence-electron chi connectivity index (χ1n) is 7.35. The Morgan fingerprint density at radius 1 is 0.812 bits per heavy atom. The Labute approximate surface area is 102 Å². The predicted molar refractivity (Wildman–Crippen MR) is 71.9 cm³/mol. The van der Waals surface area contributed by atoms with E-state index in [1.807, 2.05) is 0 Å². The SMILES string of the molecule is CCCCNC1CCCCC1NCCCC. The Bertz CT molecular complexity index is 141. The van der Waals surface area contributed by atoms with Crippen molar-refractivity contribution in [1.29, 1.82) is 0 Å². The summed E-state index contributed by atoms with van der Waals surface area (Å²) in [5.74, 6) is 0. The van der Waals surface area contributed by atoms with Crippen molar-refractivity contribution in [3.05, 3.63) is 0 Å². The quantitative estimate of drug-likeness (QED) is 0.622. The van der Waals surface area contributed by atoms with Crippen molar-refractivity contribution in [3.63, 3.8) is 0 Å². The van der Waals surface area contributed by atoms with Gasteiger partial charge < -0.3 is 10.6 Å². The molecule has 0 radical (unpaired) electrons. The molecular weight excluding hydrogens is 196 g/mol. The summed E-state index contributed by atoms with van der Waals surface area (Å²) in [5.41, 5.74) is 0. The van der Waals surface area contributed by atoms with Crippen LogP contribution >= 0.6 is 0 Å². The molecule has 0 saturated heterocycles. The molecule has 1 rings (SSSR count). The Hall–Kier alpha value is -0.0800. The van der Waals surface area contributed by atoms with Gasteiger partial charge in [-0.3, -0.25) is 0 Å². The van der Waals surface area contributed by atoms with Crippen molar-refractivity contribution in [2.75, 3.05) is 13.1 Å². The third-order valence-electron chi connectivity index (χ3n) is 3.64. The molecule has 1 aliphatic rings. The van der Waals surface area contributed by atoms with Crippen LogP contribution in [0.25, 0.3) is 0 Å². The lowest BCUT2D eigenvalue weighted by atomic mass is 9.90. The van der Waals surface area contributed by atoms with E-state index < -0.39 is 0 Å². The van der Waals surface area contributed by atoms with Crippen LogP contribution in [0, 0.1) is 0 Å². The molecule has 0 aromatic heterocycles. The van der Waals surface area contributed by atoms with Crippen molar-refractivity contribution in [1.82, 2.24) is 10.6 Å². The molecule has 0 heterocycles. The highest BCUT2D eigenvalue weighted by atomic mass is 15.0. The van der Waals surface area contributed by atoms with Gasteiger partial charge in [0, 0.05) is 12.1 Å². The molecule has 2 nitrogen and oxygen atoms in total. The van der Waals surface area contributed by atoms with E-state index in [4.69, 9.17) is 0 Å². The second-order valence-corrected chi connectivity index (χ2v) is 5.11. The van der Waals surface area contributed by atoms with E-state index in [9.17, 15) is 0 Å². The predicted octanol–water partition coefficient (Wildman–Crippen LogP) is 3.08. The average Bonchev–Trinajstić information content (AvgIpc) is 2.32. The standard InChI is InChI=1S/C14H30N2/c1-3-5-11-15-13-9-7-8-10-14(13)16-12-6-4-2/h13-16H,3-12H2,1-2H3. The first kappa shape index (κ1) is 14.0. The van der Waals surface area contributed by atoms with E-state index in [1.165, 1.54) is 64.5 Å². The van der Waals surface area contributed by atoms with Crippen LogP contribution in [0.3, 0.4) is 0 Å². The number of unbranched alkanes of at least 4 members (excludes halogenated alkanes) is 2. The van der Waals surface area contributed by atoms with Gasteiger partial charge in [-0.15, -0.1) is 0 Å². The van der Waals surface area contributed by atoms with E-state index in [-0.39, 0.29) is 0 Å². The van der Waals surface area contributed by atoms with Crippen molar-refractivity contribution < 1.29 is 0 Å². The summed E-state index contributed by atoms with van der Waals surface area (Å²) >= 11 is 0. The van der Waals surface area contributed by atoms with Gasteiger partial charge in [-0.1, -0.05) is 39.5 Å². The topological polar surface area (TPSA) is 24.1 Å². The number of hydrogen-bond acceptors (Lipinski definition) is 2. The zero-order valence-corrected chi connectivity index (χ0v) is 11.2. The van der Waals surface area contributed by atoms with Gasteiger partial charge in [-0.2, -0.15) is 0 Å². The van der Waals surface area contributed by atoms with Crippen LogP contribution in [0.2, 0.25) is 0 Å². The van der Waals surface area contributed by atoms with Crippen LogP contribution in [-0.4, -0.2) is 25.2 Å². The van der Waals surface area contributed by atoms with Crippen LogP contribution in [-0.2, 0) is 0 Å². The normalized spacial score (nSPS) is 25.9. The lowest BCUT2D eigenvalue weighted by Gasteiger charge is -2.33. The fourth-order valence-electron chi connectivity index (χ4n) is 2.55. The lowest BCUT2D eigenvalue weighted by Crippen LogP contribution is -2.50. The molecule has 2 atom stereocenters. The zero-order valence-electron chi connectivity index (χ0n) is 11.2. The molecule has 0 bridgehead atoms. The van der Waals surface area contributed by atoms with Crippen molar-refractivity contribution in [3.8, 4) is 0 Å². The van der Waals surface area contributed by atoms with Gasteiger partial charge in [0.25, 0.3) is 0 Å². The fourth-order valence-corrected chi connectivity index (χ4v) is 2.55. The number of hydrogen-bond donors (Lipinski definition) is 2. The maximum Gasteiger partial charge on any atom is 0.0221 e. The highest BCUT2D eigenvalue weighted by Gasteiger charge is 2.23. The summed E-state index contributed by atoms with van der Waals surface area (Å²) in [7, 11) is 0. The summed E-state index contributed by atoms with van der Waals surface area (Å²) in [4.78, 5) is 0. The van der Waals surface area contributed by atoms with Crippen molar-refractivity contribution >= 4 is 0 Å². The maximum atomic E-state index is 3.74. The van der Waals surface area contributed by atoms with Gasteiger partial charge in [0.05, 0.1) is 0 Å². The summed E-state index contributed by atoms with van der Waals surface area (Å²) in [6.07, 6.45) is 10.8. The summed E-state index contributed by atoms with van der Waals surface area (Å²) in [6, 6.07) is 1.47. The van der Waals surface area contributed by atoms with E-state index in [2.05, 4.69) is 24.5 Å². The van der Waals surface area contributed by atoms with Crippen LogP contribution in [0.4, 0.5) is 0 Å². The minimum atomic E-state index is 0.733. The molecule has 1 aliphatic carbocycles. The van der Waals surface area contributed by atoms with Crippen molar-refractivity contribution in [2.24, 2.45) is 0 Å². The Kier molecular flexibility index (Phi) is 7.87. The molecule has 1 saturated carbocycles. The molecule has 1 fully saturated rings. The molecule has 0 aromatic carbocycles. The average molecular weight is 226 g/mol. The molecule has 2 heteroatoms. The molecule has 0 amide bonds. The fraction of sp³-hybridized carbons (Fsp3) is 1.00. The molecule has 0 spiro atoms. The van der Waals surface area contributed by atoms with Gasteiger partial charge in [0.2, 0.25) is 0 Å². The maximum absolute atomic E-state index is 3.74. The Morgan fingerprint density at radius 3 is 1.62 bits per heavy atom. The molecule has 0 aromatic rings. The van der Waals surface area contributed by atoms with E-state index in [1.54, 1.807) is 0 Å². The summed E-state index contributed by atoms with van der Waals surface area (Å²) in [5, 5.41) is 7.47. The number of nitrogens with one attached hydrogen (secondary N) is 2. The van der Waals surface area contributed by atoms with Gasteiger partial charge in [-0.05, 0) is 38.8 Å². The third kappa shape index (κ3) is 5.31. The first-order valence-corrected chi connectivity index (χ1v) is 7.35. The highest BCUT2D eigenvalue weighted by Crippen LogP contribution is 2.18. The summed E-state index contributed by atoms with van der Waals surface area (Å²) in [6.45, 7) is 6.93. The first-order chi connectivity index (χ1) is 7.88. The molecule has 16 heavy (non-hydrogen) atoms. The van der Waals surface area contributed by atoms with Crippen LogP contribution in [0.15, 0.2) is 0 Å². The van der Waals surface area contributed by atoms with E-state index >= 15 is 0 Å². The minimum Gasteiger partial charge on any atom is -0.312 e. The Morgan fingerprint density at radius 2 is 1.25 bits per heavy atom. The second kappa shape index (κ2) is 9.00. The smallest absolute Gasteiger partial charge is 0.0221 e. The van der Waals surface area contributed by atoms with Crippen LogP contribution in [0.1, 0.15) is 65.2 Å². The Balaban J connectivity index is 2.20. The van der Waals surface area contributed by atoms with Crippen LogP contribution in [0.5, 0.6) is 0 Å². The van der Waals surface area contributed by atoms with Crippen molar-refractivity contribution in [2.45, 2.75) is 77.3 Å². The second-order valence-electron chi connectivity index (χ2n) is 5.11. The lowest BCUT2D eigenvalue weighted by molar-refractivity contribution is 0.282. The van der Waals surface area contributed by atoms with Gasteiger partial charge in [0.15, 0.2) is 0 Å². The largest absolute Gasteiger partial charge is 0.312 e. The van der Waals surface area contributed by atoms with Crippen LogP contribution < -0.4 is 10.6 Å². The molecule has 2 unspecified atom stereocenters. The minimum absolute atomic E-state index is 0.733. The zero-order chi connectivity index (χ0) is 11.6.